The Morgan fingerprint density at radius 2 is 2.14 bits per heavy atom. The molecule has 1 rings (SSSR count). The number of hydrogen-bond donors (Lipinski definition) is 1. The Labute approximate surface area is 93.3 Å². The van der Waals surface area contributed by atoms with E-state index in [-0.39, 0.29) is 0 Å². The molecule has 0 heterocycles. The third-order valence-electron chi connectivity index (χ3n) is 1.86. The maximum absolute atomic E-state index is 6.00. The average Bonchev–Trinajstić information content (AvgIpc) is 2.18. The van der Waals surface area contributed by atoms with Crippen molar-refractivity contribution in [3.8, 4) is 0 Å². The van der Waals surface area contributed by atoms with Crippen LogP contribution < -0.4 is 10.8 Å². The topological polar surface area (TPSA) is 38.5 Å². The molecule has 0 amide bonds. The fraction of sp³-hybridized carbons (Fsp3) is 0.333. The molecule has 0 aliphatic carbocycles. The summed E-state index contributed by atoms with van der Waals surface area (Å²) in [5.74, 6) is 4.94. The molecule has 2 N–H and O–H groups in total. The molecule has 0 saturated heterocycles. The molecular weight excluding hydrogens is 223 g/mol. The first-order valence-corrected chi connectivity index (χ1v) is 4.88. The Morgan fingerprint density at radius 3 is 2.79 bits per heavy atom. The van der Waals surface area contributed by atoms with Gasteiger partial charge in [0.2, 0.25) is 0 Å². The summed E-state index contributed by atoms with van der Waals surface area (Å²) in [5.41, 5.74) is 0.871. The van der Waals surface area contributed by atoms with Crippen LogP contribution in [0.4, 0.5) is 5.69 Å². The smallest absolute Gasteiger partial charge is 0.0854 e. The molecule has 0 atom stereocenters. The summed E-state index contributed by atoms with van der Waals surface area (Å²) in [6.45, 7) is 1.11. The molecule has 0 unspecified atom stereocenters. The van der Waals surface area contributed by atoms with Crippen LogP contribution >= 0.6 is 23.2 Å². The standard InChI is InChI=1S/C9H12Cl2N2O/c1-13(4-5-14-12)9-6-7(10)2-3-8(9)11/h2-3,6H,4-5,12H2,1H3. The zero-order chi connectivity index (χ0) is 10.6. The minimum atomic E-state index is 0.444. The normalized spacial score (nSPS) is 10.3. The minimum absolute atomic E-state index is 0.444. The highest BCUT2D eigenvalue weighted by molar-refractivity contribution is 6.35. The van der Waals surface area contributed by atoms with Crippen molar-refractivity contribution in [2.75, 3.05) is 25.1 Å². The van der Waals surface area contributed by atoms with Gasteiger partial charge in [-0.05, 0) is 18.2 Å². The minimum Gasteiger partial charge on any atom is -0.371 e. The van der Waals surface area contributed by atoms with Crippen LogP contribution in [-0.4, -0.2) is 20.2 Å². The predicted octanol–water partition coefficient (Wildman–Crippen LogP) is 2.32. The second-order valence-electron chi connectivity index (χ2n) is 2.89. The van der Waals surface area contributed by atoms with Crippen LogP contribution in [0.25, 0.3) is 0 Å². The molecule has 1 aromatic rings. The average molecular weight is 235 g/mol. The van der Waals surface area contributed by atoms with Crippen LogP contribution in [0, 0.1) is 0 Å². The number of rotatable bonds is 4. The lowest BCUT2D eigenvalue weighted by Crippen LogP contribution is -2.24. The number of hydrogen-bond acceptors (Lipinski definition) is 3. The number of nitrogens with two attached hydrogens (primary N) is 1. The van der Waals surface area contributed by atoms with Gasteiger partial charge in [-0.15, -0.1) is 0 Å². The SMILES string of the molecule is CN(CCON)c1cc(Cl)ccc1Cl. The molecule has 0 aromatic heterocycles. The van der Waals surface area contributed by atoms with Gasteiger partial charge in [0.25, 0.3) is 0 Å². The van der Waals surface area contributed by atoms with E-state index < -0.39 is 0 Å². The fourth-order valence-corrected chi connectivity index (χ4v) is 1.52. The summed E-state index contributed by atoms with van der Waals surface area (Å²) >= 11 is 11.9. The zero-order valence-corrected chi connectivity index (χ0v) is 9.35. The number of benzene rings is 1. The van der Waals surface area contributed by atoms with Gasteiger partial charge in [0.1, 0.15) is 0 Å². The first-order chi connectivity index (χ1) is 6.65. The molecule has 0 bridgehead atoms. The Bertz CT molecular complexity index is 307. The van der Waals surface area contributed by atoms with E-state index in [1.54, 1.807) is 18.2 Å². The molecule has 14 heavy (non-hydrogen) atoms. The Kier molecular flexibility index (Phi) is 4.48. The fourth-order valence-electron chi connectivity index (χ4n) is 1.09. The maximum atomic E-state index is 6.00. The Hall–Kier alpha value is -0.480. The van der Waals surface area contributed by atoms with E-state index in [2.05, 4.69) is 4.84 Å². The third-order valence-corrected chi connectivity index (χ3v) is 2.42. The maximum Gasteiger partial charge on any atom is 0.0854 e. The van der Waals surface area contributed by atoms with Crippen molar-refractivity contribution in [1.82, 2.24) is 0 Å². The lowest BCUT2D eigenvalue weighted by Gasteiger charge is -2.19. The van der Waals surface area contributed by atoms with E-state index in [0.717, 1.165) is 5.69 Å². The van der Waals surface area contributed by atoms with Gasteiger partial charge in [0.05, 0.1) is 17.3 Å². The second-order valence-corrected chi connectivity index (χ2v) is 3.73. The first kappa shape index (κ1) is 11.6. The Morgan fingerprint density at radius 1 is 1.43 bits per heavy atom. The molecule has 5 heteroatoms. The van der Waals surface area contributed by atoms with Crippen LogP contribution in [0.15, 0.2) is 18.2 Å². The molecule has 0 aliphatic rings. The molecule has 78 valence electrons. The second kappa shape index (κ2) is 5.41. The van der Waals surface area contributed by atoms with Gasteiger partial charge >= 0.3 is 0 Å². The third kappa shape index (κ3) is 3.03. The molecule has 0 saturated carbocycles. The van der Waals surface area contributed by atoms with Crippen molar-refractivity contribution in [1.29, 1.82) is 0 Å². The summed E-state index contributed by atoms with van der Waals surface area (Å²) in [5, 5.41) is 1.32. The van der Waals surface area contributed by atoms with Crippen molar-refractivity contribution >= 4 is 28.9 Å². The van der Waals surface area contributed by atoms with Crippen molar-refractivity contribution < 1.29 is 4.84 Å². The number of nitrogens with zero attached hydrogens (tertiary/aromatic N) is 1. The van der Waals surface area contributed by atoms with Gasteiger partial charge in [-0.2, -0.15) is 0 Å². The summed E-state index contributed by atoms with van der Waals surface area (Å²) in [4.78, 5) is 6.42. The highest BCUT2D eigenvalue weighted by Gasteiger charge is 2.06. The van der Waals surface area contributed by atoms with Gasteiger partial charge in [0, 0.05) is 18.6 Å². The quantitative estimate of drug-likeness (QED) is 0.814. The highest BCUT2D eigenvalue weighted by atomic mass is 35.5. The van der Waals surface area contributed by atoms with Crippen molar-refractivity contribution in [3.05, 3.63) is 28.2 Å². The molecule has 1 aromatic carbocycles. The largest absolute Gasteiger partial charge is 0.371 e. The summed E-state index contributed by atoms with van der Waals surface area (Å²) in [7, 11) is 1.90. The molecule has 0 fully saturated rings. The lowest BCUT2D eigenvalue weighted by atomic mass is 10.3. The van der Waals surface area contributed by atoms with E-state index in [0.29, 0.717) is 23.2 Å². The van der Waals surface area contributed by atoms with Gasteiger partial charge in [-0.25, -0.2) is 5.90 Å². The van der Waals surface area contributed by atoms with E-state index in [1.165, 1.54) is 0 Å². The Balaban J connectivity index is 2.77. The number of likely N-dealkylation sites (N-methyl/N-ethyl adjacent to an activating group) is 1. The van der Waals surface area contributed by atoms with E-state index >= 15 is 0 Å². The van der Waals surface area contributed by atoms with Crippen molar-refractivity contribution in [2.45, 2.75) is 0 Å². The summed E-state index contributed by atoms with van der Waals surface area (Å²) < 4.78 is 0. The van der Waals surface area contributed by atoms with Crippen LogP contribution in [-0.2, 0) is 4.84 Å². The number of anilines is 1. The molecule has 3 nitrogen and oxygen atoms in total. The highest BCUT2D eigenvalue weighted by Crippen LogP contribution is 2.27. The van der Waals surface area contributed by atoms with Gasteiger partial charge in [-0.1, -0.05) is 23.2 Å². The summed E-state index contributed by atoms with van der Waals surface area (Å²) in [6.07, 6.45) is 0. The van der Waals surface area contributed by atoms with Gasteiger partial charge in [-0.3, -0.25) is 0 Å². The lowest BCUT2D eigenvalue weighted by molar-refractivity contribution is 0.145. The van der Waals surface area contributed by atoms with E-state index in [1.807, 2.05) is 11.9 Å². The molecule has 0 aliphatic heterocycles. The van der Waals surface area contributed by atoms with Gasteiger partial charge in [0.15, 0.2) is 0 Å². The van der Waals surface area contributed by atoms with Gasteiger partial charge < -0.3 is 9.74 Å². The van der Waals surface area contributed by atoms with Crippen molar-refractivity contribution in [2.24, 2.45) is 5.90 Å². The van der Waals surface area contributed by atoms with E-state index in [9.17, 15) is 0 Å². The van der Waals surface area contributed by atoms with Crippen molar-refractivity contribution in [3.63, 3.8) is 0 Å². The zero-order valence-electron chi connectivity index (χ0n) is 7.84. The van der Waals surface area contributed by atoms with Crippen LogP contribution in [0.5, 0.6) is 0 Å². The molecule has 0 spiro atoms. The first-order valence-electron chi connectivity index (χ1n) is 4.13. The predicted molar refractivity (Wildman–Crippen MR) is 59.9 cm³/mol. The molecule has 0 radical (unpaired) electrons. The van der Waals surface area contributed by atoms with E-state index in [4.69, 9.17) is 29.1 Å². The summed E-state index contributed by atoms with van der Waals surface area (Å²) in [6, 6.07) is 5.32. The van der Waals surface area contributed by atoms with Crippen LogP contribution in [0.3, 0.4) is 0 Å². The molecular formula is C9H12Cl2N2O. The monoisotopic (exact) mass is 234 g/mol. The van der Waals surface area contributed by atoms with Crippen LogP contribution in [0.1, 0.15) is 0 Å². The number of halogens is 2. The van der Waals surface area contributed by atoms with Crippen LogP contribution in [0.2, 0.25) is 10.0 Å².